The van der Waals surface area contributed by atoms with Gasteiger partial charge in [0.25, 0.3) is 0 Å². The predicted molar refractivity (Wildman–Crippen MR) is 53.9 cm³/mol. The standard InChI is InChI=1S/C11H18O3/c1-3-4-8-14-10(12)11(2)6-5-7-13-9-11/h5-6H,3-4,7-9H2,1-2H3. The molecule has 0 aromatic heterocycles. The first kappa shape index (κ1) is 11.2. The number of hydrogen-bond donors (Lipinski definition) is 0. The Hall–Kier alpha value is -0.830. The van der Waals surface area contributed by atoms with Crippen LogP contribution in [0.2, 0.25) is 0 Å². The molecule has 0 bridgehead atoms. The van der Waals surface area contributed by atoms with Gasteiger partial charge >= 0.3 is 5.97 Å². The third-order valence-corrected chi connectivity index (χ3v) is 2.30. The van der Waals surface area contributed by atoms with Gasteiger partial charge in [0.15, 0.2) is 0 Å². The molecule has 3 nitrogen and oxygen atoms in total. The van der Waals surface area contributed by atoms with Crippen LogP contribution in [0, 0.1) is 5.41 Å². The largest absolute Gasteiger partial charge is 0.465 e. The monoisotopic (exact) mass is 198 g/mol. The maximum absolute atomic E-state index is 11.6. The molecule has 0 fully saturated rings. The summed E-state index contributed by atoms with van der Waals surface area (Å²) >= 11 is 0. The summed E-state index contributed by atoms with van der Waals surface area (Å²) in [5.41, 5.74) is -0.577. The first-order valence-corrected chi connectivity index (χ1v) is 5.12. The van der Waals surface area contributed by atoms with Crippen molar-refractivity contribution >= 4 is 5.97 Å². The Morgan fingerprint density at radius 1 is 1.64 bits per heavy atom. The van der Waals surface area contributed by atoms with Crippen molar-refractivity contribution in [3.05, 3.63) is 12.2 Å². The summed E-state index contributed by atoms with van der Waals surface area (Å²) in [5.74, 6) is -0.179. The highest BCUT2D eigenvalue weighted by atomic mass is 16.5. The number of carbonyl (C=O) groups excluding carboxylic acids is 1. The van der Waals surface area contributed by atoms with Gasteiger partial charge in [0.05, 0.1) is 19.8 Å². The molecule has 80 valence electrons. The van der Waals surface area contributed by atoms with Crippen LogP contribution in [0.3, 0.4) is 0 Å². The fraction of sp³-hybridized carbons (Fsp3) is 0.727. The lowest BCUT2D eigenvalue weighted by molar-refractivity contribution is -0.155. The van der Waals surface area contributed by atoms with Gasteiger partial charge in [-0.25, -0.2) is 0 Å². The van der Waals surface area contributed by atoms with Crippen molar-refractivity contribution in [2.45, 2.75) is 26.7 Å². The van der Waals surface area contributed by atoms with Crippen LogP contribution < -0.4 is 0 Å². The Morgan fingerprint density at radius 3 is 3.00 bits per heavy atom. The molecule has 3 heteroatoms. The van der Waals surface area contributed by atoms with Crippen LogP contribution in [0.1, 0.15) is 26.7 Å². The van der Waals surface area contributed by atoms with Crippen molar-refractivity contribution in [3.8, 4) is 0 Å². The zero-order chi connectivity index (χ0) is 10.4. The summed E-state index contributed by atoms with van der Waals surface area (Å²) in [6.45, 7) is 5.45. The van der Waals surface area contributed by atoms with Gasteiger partial charge in [0, 0.05) is 0 Å². The molecule has 0 N–H and O–H groups in total. The molecule has 0 aromatic carbocycles. The molecule has 0 aliphatic carbocycles. The van der Waals surface area contributed by atoms with Crippen LogP contribution in [0.4, 0.5) is 0 Å². The Kier molecular flexibility index (Phi) is 4.14. The van der Waals surface area contributed by atoms with Crippen molar-refractivity contribution in [3.63, 3.8) is 0 Å². The minimum absolute atomic E-state index is 0.179. The topological polar surface area (TPSA) is 35.5 Å². The van der Waals surface area contributed by atoms with Gasteiger partial charge in [-0.1, -0.05) is 25.5 Å². The minimum atomic E-state index is -0.577. The molecule has 1 aliphatic heterocycles. The van der Waals surface area contributed by atoms with Gasteiger partial charge in [0.2, 0.25) is 0 Å². The van der Waals surface area contributed by atoms with Crippen LogP contribution in [0.25, 0.3) is 0 Å². The van der Waals surface area contributed by atoms with E-state index in [-0.39, 0.29) is 5.97 Å². The number of unbranched alkanes of at least 4 members (excludes halogenated alkanes) is 1. The molecular formula is C11H18O3. The third kappa shape index (κ3) is 2.84. The van der Waals surface area contributed by atoms with Crippen LogP contribution in [-0.4, -0.2) is 25.8 Å². The summed E-state index contributed by atoms with van der Waals surface area (Å²) in [6.07, 6.45) is 5.71. The Balaban J connectivity index is 2.41. The summed E-state index contributed by atoms with van der Waals surface area (Å²) in [7, 11) is 0. The average Bonchev–Trinajstić information content (AvgIpc) is 2.19. The second-order valence-corrected chi connectivity index (χ2v) is 3.82. The maximum Gasteiger partial charge on any atom is 0.318 e. The smallest absolute Gasteiger partial charge is 0.318 e. The van der Waals surface area contributed by atoms with Crippen LogP contribution in [0.5, 0.6) is 0 Å². The Morgan fingerprint density at radius 2 is 2.43 bits per heavy atom. The third-order valence-electron chi connectivity index (χ3n) is 2.30. The normalized spacial score (nSPS) is 26.1. The van der Waals surface area contributed by atoms with Gasteiger partial charge in [0.1, 0.15) is 5.41 Å². The van der Waals surface area contributed by atoms with Crippen molar-refractivity contribution in [2.75, 3.05) is 19.8 Å². The zero-order valence-electron chi connectivity index (χ0n) is 8.91. The van der Waals surface area contributed by atoms with Gasteiger partial charge < -0.3 is 9.47 Å². The molecule has 14 heavy (non-hydrogen) atoms. The highest BCUT2D eigenvalue weighted by Crippen LogP contribution is 2.24. The highest BCUT2D eigenvalue weighted by molar-refractivity contribution is 5.79. The number of ether oxygens (including phenoxy) is 2. The van der Waals surface area contributed by atoms with E-state index >= 15 is 0 Å². The molecule has 1 rings (SSSR count). The average molecular weight is 198 g/mol. The van der Waals surface area contributed by atoms with E-state index in [0.717, 1.165) is 12.8 Å². The molecule has 0 radical (unpaired) electrons. The SMILES string of the molecule is CCCCOC(=O)C1(C)C=CCOC1. The lowest BCUT2D eigenvalue weighted by Crippen LogP contribution is -2.35. The Labute approximate surface area is 85.1 Å². The van der Waals surface area contributed by atoms with Gasteiger partial charge in [-0.05, 0) is 13.3 Å². The Bertz CT molecular complexity index is 223. The summed E-state index contributed by atoms with van der Waals surface area (Å²) in [4.78, 5) is 11.6. The number of esters is 1. The molecule has 1 heterocycles. The fourth-order valence-corrected chi connectivity index (χ4v) is 1.30. The van der Waals surface area contributed by atoms with Crippen molar-refractivity contribution in [1.29, 1.82) is 0 Å². The van der Waals surface area contributed by atoms with E-state index in [1.807, 2.05) is 19.1 Å². The second kappa shape index (κ2) is 5.15. The van der Waals surface area contributed by atoms with Gasteiger partial charge in [-0.2, -0.15) is 0 Å². The lowest BCUT2D eigenvalue weighted by atomic mass is 9.90. The molecule has 0 saturated heterocycles. The lowest BCUT2D eigenvalue weighted by Gasteiger charge is -2.26. The van der Waals surface area contributed by atoms with Crippen molar-refractivity contribution < 1.29 is 14.3 Å². The van der Waals surface area contributed by atoms with Crippen molar-refractivity contribution in [1.82, 2.24) is 0 Å². The molecule has 1 unspecified atom stereocenters. The quantitative estimate of drug-likeness (QED) is 0.393. The summed E-state index contributed by atoms with van der Waals surface area (Å²) in [6, 6.07) is 0. The predicted octanol–water partition coefficient (Wildman–Crippen LogP) is 1.92. The zero-order valence-corrected chi connectivity index (χ0v) is 8.91. The van der Waals surface area contributed by atoms with Crippen LogP contribution >= 0.6 is 0 Å². The van der Waals surface area contributed by atoms with Gasteiger partial charge in [-0.3, -0.25) is 4.79 Å². The number of rotatable bonds is 4. The van der Waals surface area contributed by atoms with E-state index in [2.05, 4.69) is 6.92 Å². The molecular weight excluding hydrogens is 180 g/mol. The molecule has 0 amide bonds. The molecule has 1 aliphatic rings. The molecule has 0 aromatic rings. The van der Waals surface area contributed by atoms with Crippen LogP contribution in [-0.2, 0) is 14.3 Å². The second-order valence-electron chi connectivity index (χ2n) is 3.82. The minimum Gasteiger partial charge on any atom is -0.465 e. The van der Waals surface area contributed by atoms with E-state index in [1.165, 1.54) is 0 Å². The van der Waals surface area contributed by atoms with Crippen LogP contribution in [0.15, 0.2) is 12.2 Å². The maximum atomic E-state index is 11.6. The fourth-order valence-electron chi connectivity index (χ4n) is 1.30. The van der Waals surface area contributed by atoms with E-state index in [0.29, 0.717) is 19.8 Å². The summed E-state index contributed by atoms with van der Waals surface area (Å²) in [5, 5.41) is 0. The van der Waals surface area contributed by atoms with Gasteiger partial charge in [-0.15, -0.1) is 0 Å². The number of hydrogen-bond acceptors (Lipinski definition) is 3. The number of carbonyl (C=O) groups is 1. The highest BCUT2D eigenvalue weighted by Gasteiger charge is 2.33. The molecule has 0 saturated carbocycles. The van der Waals surface area contributed by atoms with Crippen molar-refractivity contribution in [2.24, 2.45) is 5.41 Å². The van der Waals surface area contributed by atoms with E-state index < -0.39 is 5.41 Å². The van der Waals surface area contributed by atoms with E-state index in [9.17, 15) is 4.79 Å². The van der Waals surface area contributed by atoms with E-state index in [1.54, 1.807) is 0 Å². The molecule has 1 atom stereocenters. The van der Waals surface area contributed by atoms with E-state index in [4.69, 9.17) is 9.47 Å². The first-order valence-electron chi connectivity index (χ1n) is 5.12. The molecule has 0 spiro atoms. The summed E-state index contributed by atoms with van der Waals surface area (Å²) < 4.78 is 10.4. The first-order chi connectivity index (χ1) is 6.69.